The van der Waals surface area contributed by atoms with E-state index in [1.807, 2.05) is 13.8 Å². The number of para-hydroxylation sites is 2. The first kappa shape index (κ1) is 18.8. The molecular weight excluding hydrogens is 324 g/mol. The van der Waals surface area contributed by atoms with E-state index in [1.54, 1.807) is 24.3 Å². The molecule has 1 heterocycles. The van der Waals surface area contributed by atoms with E-state index in [4.69, 9.17) is 9.47 Å². The second-order valence-corrected chi connectivity index (χ2v) is 5.96. The molecule has 0 fully saturated rings. The lowest BCUT2D eigenvalue weighted by Gasteiger charge is -2.21. The van der Waals surface area contributed by atoms with E-state index < -0.39 is 5.97 Å². The zero-order valence-electron chi connectivity index (χ0n) is 14.6. The number of ether oxygens (including phenoxy) is 2. The second-order valence-electron chi connectivity index (χ2n) is 5.96. The summed E-state index contributed by atoms with van der Waals surface area (Å²) in [5, 5.41) is 2.76. The molecule has 1 aromatic rings. The quantitative estimate of drug-likeness (QED) is 0.758. The van der Waals surface area contributed by atoms with Crippen LogP contribution < -0.4 is 15.0 Å². The van der Waals surface area contributed by atoms with Crippen LogP contribution in [0.3, 0.4) is 0 Å². The molecule has 0 aliphatic carbocycles. The maximum absolute atomic E-state index is 12.2. The third-order valence-corrected chi connectivity index (χ3v) is 3.81. The topological polar surface area (TPSA) is 84.9 Å². The first-order chi connectivity index (χ1) is 12.0. The number of fused-ring (bicyclic) bond motifs is 1. The number of hydrogen-bond donors (Lipinski definition) is 1. The molecule has 0 saturated carbocycles. The molecule has 1 aliphatic heterocycles. The third-order valence-electron chi connectivity index (χ3n) is 3.81. The van der Waals surface area contributed by atoms with E-state index in [-0.39, 0.29) is 44.0 Å². The van der Waals surface area contributed by atoms with Gasteiger partial charge in [0.1, 0.15) is 12.3 Å². The van der Waals surface area contributed by atoms with Crippen LogP contribution in [0, 0.1) is 0 Å². The Labute approximate surface area is 147 Å². The van der Waals surface area contributed by atoms with Crippen LogP contribution in [0.5, 0.6) is 5.75 Å². The van der Waals surface area contributed by atoms with Crippen LogP contribution in [0.2, 0.25) is 0 Å². The summed E-state index contributed by atoms with van der Waals surface area (Å²) in [6.45, 7) is 3.58. The first-order valence-electron chi connectivity index (χ1n) is 8.48. The standard InChI is InChI=1S/C18H24N2O5/c1-3-6-13(2)19-16(21)12-25-18(23)11-20-14-7-4-5-8-15(14)24-10-9-17(20)22/h4-5,7-8,13H,3,6,9-12H2,1-2H3,(H,19,21)/t13-/m0/s1. The lowest BCUT2D eigenvalue weighted by Crippen LogP contribution is -2.39. The van der Waals surface area contributed by atoms with Gasteiger partial charge in [-0.2, -0.15) is 0 Å². The Kier molecular flexibility index (Phi) is 6.80. The van der Waals surface area contributed by atoms with E-state index in [0.717, 1.165) is 12.8 Å². The van der Waals surface area contributed by atoms with Crippen LogP contribution in [-0.4, -0.2) is 43.6 Å². The Morgan fingerprint density at radius 3 is 2.88 bits per heavy atom. The van der Waals surface area contributed by atoms with Crippen molar-refractivity contribution in [2.24, 2.45) is 0 Å². The molecule has 7 nitrogen and oxygen atoms in total. The number of carbonyl (C=O) groups is 3. The monoisotopic (exact) mass is 348 g/mol. The number of esters is 1. The van der Waals surface area contributed by atoms with Crippen LogP contribution >= 0.6 is 0 Å². The second kappa shape index (κ2) is 9.05. The van der Waals surface area contributed by atoms with E-state index >= 15 is 0 Å². The van der Waals surface area contributed by atoms with Crippen molar-refractivity contribution in [1.82, 2.24) is 5.32 Å². The molecule has 1 atom stereocenters. The minimum absolute atomic E-state index is 0.0346. The zero-order chi connectivity index (χ0) is 18.2. The molecule has 0 unspecified atom stereocenters. The van der Waals surface area contributed by atoms with Gasteiger partial charge in [-0.05, 0) is 25.5 Å². The van der Waals surface area contributed by atoms with Crippen LogP contribution in [0.15, 0.2) is 24.3 Å². The predicted octanol–water partition coefficient (Wildman–Crippen LogP) is 1.65. The number of carbonyl (C=O) groups excluding carboxylic acids is 3. The van der Waals surface area contributed by atoms with Crippen molar-refractivity contribution in [3.63, 3.8) is 0 Å². The molecule has 25 heavy (non-hydrogen) atoms. The van der Waals surface area contributed by atoms with Crippen LogP contribution in [0.25, 0.3) is 0 Å². The van der Waals surface area contributed by atoms with E-state index in [0.29, 0.717) is 11.4 Å². The molecule has 2 rings (SSSR count). The lowest BCUT2D eigenvalue weighted by atomic mass is 10.2. The number of nitrogens with one attached hydrogen (secondary N) is 1. The summed E-state index contributed by atoms with van der Waals surface area (Å²) in [7, 11) is 0. The van der Waals surface area contributed by atoms with Gasteiger partial charge < -0.3 is 14.8 Å². The van der Waals surface area contributed by atoms with Gasteiger partial charge in [-0.1, -0.05) is 25.5 Å². The summed E-state index contributed by atoms with van der Waals surface area (Å²) in [5.74, 6) is -0.654. The SMILES string of the molecule is CCC[C@H](C)NC(=O)COC(=O)CN1C(=O)CCOc2ccccc21. The van der Waals surface area contributed by atoms with Crippen molar-refractivity contribution in [2.75, 3.05) is 24.7 Å². The van der Waals surface area contributed by atoms with Gasteiger partial charge in [-0.25, -0.2) is 0 Å². The zero-order valence-corrected chi connectivity index (χ0v) is 14.6. The highest BCUT2D eigenvalue weighted by molar-refractivity contribution is 5.99. The molecule has 0 aromatic heterocycles. The largest absolute Gasteiger partial charge is 0.491 e. The third kappa shape index (κ3) is 5.48. The van der Waals surface area contributed by atoms with Gasteiger partial charge in [-0.15, -0.1) is 0 Å². The van der Waals surface area contributed by atoms with Crippen molar-refractivity contribution < 1.29 is 23.9 Å². The van der Waals surface area contributed by atoms with E-state index in [2.05, 4.69) is 5.32 Å². The number of rotatable bonds is 7. The number of hydrogen-bond acceptors (Lipinski definition) is 5. The first-order valence-corrected chi connectivity index (χ1v) is 8.48. The highest BCUT2D eigenvalue weighted by Crippen LogP contribution is 2.30. The summed E-state index contributed by atoms with van der Waals surface area (Å²) in [4.78, 5) is 37.4. The van der Waals surface area contributed by atoms with Crippen molar-refractivity contribution in [2.45, 2.75) is 39.2 Å². The van der Waals surface area contributed by atoms with E-state index in [1.165, 1.54) is 4.90 Å². The fraction of sp³-hybridized carbons (Fsp3) is 0.500. The molecule has 0 spiro atoms. The molecule has 1 aliphatic rings. The minimum Gasteiger partial charge on any atom is -0.491 e. The van der Waals surface area contributed by atoms with Crippen LogP contribution in [-0.2, 0) is 19.1 Å². The number of amides is 2. The summed E-state index contributed by atoms with van der Waals surface area (Å²) in [6, 6.07) is 7.06. The Hall–Kier alpha value is -2.57. The highest BCUT2D eigenvalue weighted by Gasteiger charge is 2.25. The molecule has 0 bridgehead atoms. The van der Waals surface area contributed by atoms with Gasteiger partial charge >= 0.3 is 5.97 Å². The molecule has 0 saturated heterocycles. The molecular formula is C18H24N2O5. The maximum atomic E-state index is 12.2. The van der Waals surface area contributed by atoms with Crippen molar-refractivity contribution in [3.8, 4) is 5.75 Å². The lowest BCUT2D eigenvalue weighted by molar-refractivity contribution is -0.147. The highest BCUT2D eigenvalue weighted by atomic mass is 16.5. The Morgan fingerprint density at radius 2 is 2.12 bits per heavy atom. The summed E-state index contributed by atoms with van der Waals surface area (Å²) in [5.41, 5.74) is 0.531. The Morgan fingerprint density at radius 1 is 1.36 bits per heavy atom. The normalized spacial score (nSPS) is 14.8. The summed E-state index contributed by atoms with van der Waals surface area (Å²) < 4.78 is 10.5. The van der Waals surface area contributed by atoms with Gasteiger partial charge in [0.15, 0.2) is 6.61 Å². The molecule has 2 amide bonds. The number of anilines is 1. The molecule has 136 valence electrons. The minimum atomic E-state index is -0.636. The van der Waals surface area contributed by atoms with Crippen LogP contribution in [0.1, 0.15) is 33.1 Å². The van der Waals surface area contributed by atoms with Gasteiger partial charge in [0.05, 0.1) is 18.7 Å². The maximum Gasteiger partial charge on any atom is 0.326 e. The van der Waals surface area contributed by atoms with Gasteiger partial charge in [0.25, 0.3) is 5.91 Å². The van der Waals surface area contributed by atoms with Crippen molar-refractivity contribution >= 4 is 23.5 Å². The Bertz CT molecular complexity index is 632. The Balaban J connectivity index is 1.91. The van der Waals surface area contributed by atoms with Crippen LogP contribution in [0.4, 0.5) is 5.69 Å². The van der Waals surface area contributed by atoms with Crippen molar-refractivity contribution in [1.29, 1.82) is 0 Å². The average molecular weight is 348 g/mol. The smallest absolute Gasteiger partial charge is 0.326 e. The molecule has 1 aromatic carbocycles. The fourth-order valence-corrected chi connectivity index (χ4v) is 2.64. The summed E-state index contributed by atoms with van der Waals surface area (Å²) >= 11 is 0. The number of benzene rings is 1. The van der Waals surface area contributed by atoms with Gasteiger partial charge in [0, 0.05) is 6.04 Å². The van der Waals surface area contributed by atoms with Crippen molar-refractivity contribution in [3.05, 3.63) is 24.3 Å². The van der Waals surface area contributed by atoms with Gasteiger partial charge in [-0.3, -0.25) is 19.3 Å². The predicted molar refractivity (Wildman–Crippen MR) is 92.4 cm³/mol. The molecule has 7 heteroatoms. The molecule has 0 radical (unpaired) electrons. The summed E-state index contributed by atoms with van der Waals surface area (Å²) in [6.07, 6.45) is 2.00. The van der Waals surface area contributed by atoms with Gasteiger partial charge in [0.2, 0.25) is 5.91 Å². The van der Waals surface area contributed by atoms with E-state index in [9.17, 15) is 14.4 Å². The fourth-order valence-electron chi connectivity index (χ4n) is 2.64. The average Bonchev–Trinajstić information content (AvgIpc) is 2.73. The molecule has 1 N–H and O–H groups in total. The number of nitrogens with zero attached hydrogens (tertiary/aromatic N) is 1.